The zero-order chi connectivity index (χ0) is 27.1. The highest BCUT2D eigenvalue weighted by molar-refractivity contribution is 7.86. The van der Waals surface area contributed by atoms with Crippen molar-refractivity contribution in [1.29, 1.82) is 0 Å². The molecule has 0 atom stereocenters. The highest BCUT2D eigenvalue weighted by atomic mass is 35.5. The monoisotopic (exact) mass is 570 g/mol. The molecule has 0 radical (unpaired) electrons. The SMILES string of the molecule is Nc1ccc2cc(S(=O)(=O)O)cc(/N=N/c3ccc(Nc4nc(F)nc(F)c4Cl)cc3S(=O)(=O)O)c2c1. The zero-order valence-corrected chi connectivity index (χ0v) is 20.4. The minimum atomic E-state index is -4.92. The third-order valence-electron chi connectivity index (χ3n) is 4.78. The number of hydrogen-bond donors (Lipinski definition) is 4. The summed E-state index contributed by atoms with van der Waals surface area (Å²) in [5.74, 6) is -1.88. The van der Waals surface area contributed by atoms with E-state index in [1.165, 1.54) is 30.3 Å². The first kappa shape index (κ1) is 26.2. The number of nitrogens with one attached hydrogen (secondary N) is 1. The van der Waals surface area contributed by atoms with Gasteiger partial charge in [0.1, 0.15) is 15.6 Å². The van der Waals surface area contributed by atoms with Gasteiger partial charge >= 0.3 is 6.08 Å². The van der Waals surface area contributed by atoms with Crippen molar-refractivity contribution in [2.75, 3.05) is 11.1 Å². The number of anilines is 3. The van der Waals surface area contributed by atoms with Crippen molar-refractivity contribution < 1.29 is 34.7 Å². The van der Waals surface area contributed by atoms with E-state index in [0.29, 0.717) is 16.5 Å². The molecule has 5 N–H and O–H groups in total. The van der Waals surface area contributed by atoms with Gasteiger partial charge in [-0.25, -0.2) is 0 Å². The van der Waals surface area contributed by atoms with Gasteiger partial charge in [0.25, 0.3) is 20.2 Å². The summed E-state index contributed by atoms with van der Waals surface area (Å²) in [6.07, 6.45) is -1.44. The fraction of sp³-hybridized carbons (Fsp3) is 0. The molecular formula is C20H13ClF2N6O6S2. The molecule has 12 nitrogen and oxygen atoms in total. The molecule has 0 bridgehead atoms. The van der Waals surface area contributed by atoms with Crippen LogP contribution in [0, 0.1) is 12.0 Å². The summed E-state index contributed by atoms with van der Waals surface area (Å²) in [6, 6.07) is 9.75. The normalized spacial score (nSPS) is 12.4. The number of halogens is 3. The maximum atomic E-state index is 13.6. The highest BCUT2D eigenvalue weighted by Crippen LogP contribution is 2.35. The Labute approximate surface area is 212 Å². The van der Waals surface area contributed by atoms with Crippen LogP contribution in [0.1, 0.15) is 0 Å². The Morgan fingerprint density at radius 3 is 2.27 bits per heavy atom. The van der Waals surface area contributed by atoms with E-state index >= 15 is 0 Å². The van der Waals surface area contributed by atoms with Gasteiger partial charge in [-0.2, -0.15) is 35.6 Å². The third kappa shape index (κ3) is 5.78. The van der Waals surface area contributed by atoms with Crippen LogP contribution in [0.2, 0.25) is 5.02 Å². The van der Waals surface area contributed by atoms with Crippen molar-refractivity contribution in [2.24, 2.45) is 10.2 Å². The Morgan fingerprint density at radius 1 is 0.892 bits per heavy atom. The van der Waals surface area contributed by atoms with Gasteiger partial charge in [-0.3, -0.25) is 9.11 Å². The summed E-state index contributed by atoms with van der Waals surface area (Å²) < 4.78 is 93.5. The van der Waals surface area contributed by atoms with Gasteiger partial charge in [-0.15, -0.1) is 10.2 Å². The molecule has 0 saturated heterocycles. The quantitative estimate of drug-likeness (QED) is 0.0821. The highest BCUT2D eigenvalue weighted by Gasteiger charge is 2.19. The maximum Gasteiger partial charge on any atom is 0.313 e. The van der Waals surface area contributed by atoms with E-state index in [4.69, 9.17) is 17.3 Å². The first-order chi connectivity index (χ1) is 17.2. The molecule has 0 aliphatic carbocycles. The second kappa shape index (κ2) is 9.56. The Bertz CT molecular complexity index is 1820. The van der Waals surface area contributed by atoms with E-state index in [1.54, 1.807) is 0 Å². The van der Waals surface area contributed by atoms with Crippen LogP contribution < -0.4 is 11.1 Å². The lowest BCUT2D eigenvalue weighted by Crippen LogP contribution is -2.04. The van der Waals surface area contributed by atoms with Gasteiger partial charge in [0.05, 0.1) is 10.6 Å². The van der Waals surface area contributed by atoms with Gasteiger partial charge in [-0.05, 0) is 47.9 Å². The molecule has 1 heterocycles. The number of fused-ring (bicyclic) bond motifs is 1. The van der Waals surface area contributed by atoms with E-state index in [-0.39, 0.29) is 11.4 Å². The molecule has 192 valence electrons. The van der Waals surface area contributed by atoms with E-state index in [1.807, 2.05) is 0 Å². The summed E-state index contributed by atoms with van der Waals surface area (Å²) in [5.41, 5.74) is 5.48. The molecule has 0 unspecified atom stereocenters. The number of aromatic nitrogens is 2. The number of rotatable bonds is 6. The van der Waals surface area contributed by atoms with Crippen molar-refractivity contribution in [3.05, 3.63) is 65.6 Å². The molecule has 4 rings (SSSR count). The molecule has 37 heavy (non-hydrogen) atoms. The van der Waals surface area contributed by atoms with Crippen LogP contribution in [-0.2, 0) is 20.2 Å². The lowest BCUT2D eigenvalue weighted by Gasteiger charge is -2.10. The van der Waals surface area contributed by atoms with E-state index in [0.717, 1.165) is 18.2 Å². The number of azo groups is 1. The zero-order valence-electron chi connectivity index (χ0n) is 18.0. The second-order valence-electron chi connectivity index (χ2n) is 7.33. The van der Waals surface area contributed by atoms with Crippen molar-refractivity contribution in [3.63, 3.8) is 0 Å². The van der Waals surface area contributed by atoms with Gasteiger partial charge in [0.15, 0.2) is 5.82 Å². The molecular weight excluding hydrogens is 558 g/mol. The van der Waals surface area contributed by atoms with Gasteiger partial charge in [0.2, 0.25) is 5.95 Å². The van der Waals surface area contributed by atoms with Crippen molar-refractivity contribution >= 4 is 71.2 Å². The van der Waals surface area contributed by atoms with Crippen LogP contribution in [-0.4, -0.2) is 35.9 Å². The number of nitrogens with two attached hydrogens (primary N) is 1. The molecule has 0 aliphatic rings. The molecule has 0 amide bonds. The van der Waals surface area contributed by atoms with Crippen molar-refractivity contribution in [1.82, 2.24) is 9.97 Å². The summed E-state index contributed by atoms with van der Waals surface area (Å²) >= 11 is 5.70. The topological polar surface area (TPSA) is 197 Å². The standard InChI is InChI=1S/C20H13ClF2N6O6S2/c21-17-18(22)26-20(23)27-19(17)25-11-3-4-14(16(7-11)37(33,34)35)28-29-15-8-12(36(30,31)32)5-9-1-2-10(24)6-13(9)15/h1-8H,24H2,(H,25,26,27)(H,30,31,32)(H,33,34,35)/b29-28+. The smallest absolute Gasteiger partial charge is 0.313 e. The Kier molecular flexibility index (Phi) is 6.78. The first-order valence-corrected chi connectivity index (χ1v) is 13.0. The third-order valence-corrected chi connectivity index (χ3v) is 6.83. The van der Waals surface area contributed by atoms with Crippen LogP contribution in [0.5, 0.6) is 0 Å². The summed E-state index contributed by atoms with van der Waals surface area (Å²) in [7, 11) is -9.56. The van der Waals surface area contributed by atoms with Crippen LogP contribution in [0.3, 0.4) is 0 Å². The average molecular weight is 571 g/mol. The molecule has 0 fully saturated rings. The first-order valence-electron chi connectivity index (χ1n) is 9.72. The Morgan fingerprint density at radius 2 is 1.59 bits per heavy atom. The lowest BCUT2D eigenvalue weighted by atomic mass is 10.1. The minimum absolute atomic E-state index is 0.0976. The van der Waals surface area contributed by atoms with E-state index in [2.05, 4.69) is 25.5 Å². The number of nitrogens with zero attached hydrogens (tertiary/aromatic N) is 4. The predicted molar refractivity (Wildman–Crippen MR) is 129 cm³/mol. The largest absolute Gasteiger partial charge is 0.399 e. The average Bonchev–Trinajstić information content (AvgIpc) is 2.79. The molecule has 1 aromatic heterocycles. The van der Waals surface area contributed by atoms with Gasteiger partial charge in [0, 0.05) is 16.8 Å². The van der Waals surface area contributed by atoms with Gasteiger partial charge in [-0.1, -0.05) is 17.7 Å². The van der Waals surface area contributed by atoms with Crippen LogP contribution in [0.15, 0.2) is 68.6 Å². The molecule has 17 heteroatoms. The van der Waals surface area contributed by atoms with Crippen molar-refractivity contribution in [3.8, 4) is 0 Å². The second-order valence-corrected chi connectivity index (χ2v) is 10.5. The molecule has 0 saturated carbocycles. The van der Waals surface area contributed by atoms with Crippen molar-refractivity contribution in [2.45, 2.75) is 9.79 Å². The lowest BCUT2D eigenvalue weighted by molar-refractivity contribution is 0.481. The Balaban J connectivity index is 1.81. The van der Waals surface area contributed by atoms with E-state index < -0.39 is 58.6 Å². The number of nitrogen functional groups attached to an aromatic ring is 1. The summed E-state index contributed by atoms with van der Waals surface area (Å²) in [4.78, 5) is 4.81. The Hall–Kier alpha value is -3.83. The predicted octanol–water partition coefficient (Wildman–Crippen LogP) is 4.80. The maximum absolute atomic E-state index is 13.6. The van der Waals surface area contributed by atoms with Gasteiger partial charge < -0.3 is 11.1 Å². The minimum Gasteiger partial charge on any atom is -0.399 e. The van der Waals surface area contributed by atoms with Crippen LogP contribution in [0.4, 0.5) is 37.3 Å². The van der Waals surface area contributed by atoms with Crippen LogP contribution in [0.25, 0.3) is 10.8 Å². The summed E-state index contributed by atoms with van der Waals surface area (Å²) in [6.45, 7) is 0. The van der Waals surface area contributed by atoms with E-state index in [9.17, 15) is 34.7 Å². The van der Waals surface area contributed by atoms with Crippen LogP contribution >= 0.6 is 11.6 Å². The molecule has 4 aromatic rings. The number of hydrogen-bond acceptors (Lipinski definition) is 10. The summed E-state index contributed by atoms with van der Waals surface area (Å²) in [5, 5.41) is 10.1. The fourth-order valence-corrected chi connectivity index (χ4v) is 4.48. The molecule has 0 spiro atoms. The fourth-order valence-electron chi connectivity index (χ4n) is 3.16. The molecule has 3 aromatic carbocycles. The number of benzene rings is 3. The molecule has 0 aliphatic heterocycles.